The number of rotatable bonds is 6. The normalized spacial score (nSPS) is 14.8. The highest BCUT2D eigenvalue weighted by atomic mass is 16.2. The van der Waals surface area contributed by atoms with Crippen molar-refractivity contribution in [3.63, 3.8) is 0 Å². The minimum absolute atomic E-state index is 0.297. The lowest BCUT2D eigenvalue weighted by Gasteiger charge is -2.27. The van der Waals surface area contributed by atoms with Gasteiger partial charge < -0.3 is 9.80 Å². The fourth-order valence-corrected chi connectivity index (χ4v) is 3.88. The molecule has 1 aliphatic heterocycles. The summed E-state index contributed by atoms with van der Waals surface area (Å²) in [5.74, 6) is 0.297. The fraction of sp³-hybridized carbons (Fsp3) is 0.545. The average Bonchev–Trinajstić information content (AvgIpc) is 2.95. The van der Waals surface area contributed by atoms with Crippen molar-refractivity contribution in [2.24, 2.45) is 0 Å². The molecular weight excluding hydrogens is 336 g/mol. The van der Waals surface area contributed by atoms with Crippen molar-refractivity contribution in [2.45, 2.75) is 53.0 Å². The molecule has 1 aliphatic rings. The second kappa shape index (κ2) is 8.70. The first-order chi connectivity index (χ1) is 13.0. The molecular formula is C22H32N4O. The quantitative estimate of drug-likeness (QED) is 0.782. The zero-order valence-corrected chi connectivity index (χ0v) is 17.2. The van der Waals surface area contributed by atoms with Crippen molar-refractivity contribution in [3.8, 4) is 5.69 Å². The van der Waals surface area contributed by atoms with Crippen LogP contribution in [-0.4, -0.2) is 52.2 Å². The SMILES string of the molecule is Cc1ccccc1-n1nc(C)c(CN(C)CCC(=O)N2CCCCC2)c1C. The zero-order chi connectivity index (χ0) is 19.4. The van der Waals surface area contributed by atoms with Gasteiger partial charge in [0.1, 0.15) is 0 Å². The van der Waals surface area contributed by atoms with Crippen molar-refractivity contribution in [3.05, 3.63) is 46.8 Å². The van der Waals surface area contributed by atoms with Crippen LogP contribution < -0.4 is 0 Å². The highest BCUT2D eigenvalue weighted by Gasteiger charge is 2.18. The summed E-state index contributed by atoms with van der Waals surface area (Å²) in [7, 11) is 2.09. The monoisotopic (exact) mass is 368 g/mol. The van der Waals surface area contributed by atoms with E-state index < -0.39 is 0 Å². The van der Waals surface area contributed by atoms with Crippen LogP contribution in [-0.2, 0) is 11.3 Å². The Kier molecular flexibility index (Phi) is 6.32. The van der Waals surface area contributed by atoms with Gasteiger partial charge in [0.15, 0.2) is 0 Å². The number of hydrogen-bond donors (Lipinski definition) is 0. The number of amides is 1. The van der Waals surface area contributed by atoms with Crippen LogP contribution in [0, 0.1) is 20.8 Å². The lowest BCUT2D eigenvalue weighted by molar-refractivity contribution is -0.132. The van der Waals surface area contributed by atoms with Crippen LogP contribution in [0.5, 0.6) is 0 Å². The summed E-state index contributed by atoms with van der Waals surface area (Å²) in [5.41, 5.74) is 5.84. The van der Waals surface area contributed by atoms with E-state index in [1.807, 2.05) is 9.58 Å². The molecule has 1 fully saturated rings. The number of carbonyl (C=O) groups is 1. The smallest absolute Gasteiger partial charge is 0.223 e. The maximum Gasteiger partial charge on any atom is 0.223 e. The fourth-order valence-electron chi connectivity index (χ4n) is 3.88. The van der Waals surface area contributed by atoms with E-state index in [-0.39, 0.29) is 0 Å². The topological polar surface area (TPSA) is 41.4 Å². The number of benzene rings is 1. The molecule has 27 heavy (non-hydrogen) atoms. The Hall–Kier alpha value is -2.14. The number of likely N-dealkylation sites (tertiary alicyclic amines) is 1. The number of nitrogens with zero attached hydrogens (tertiary/aromatic N) is 4. The Morgan fingerprint density at radius 2 is 1.81 bits per heavy atom. The maximum atomic E-state index is 12.4. The van der Waals surface area contributed by atoms with Crippen LogP contribution in [0.25, 0.3) is 5.69 Å². The van der Waals surface area contributed by atoms with Crippen molar-refractivity contribution in [1.29, 1.82) is 0 Å². The molecule has 0 N–H and O–H groups in total. The number of aromatic nitrogens is 2. The van der Waals surface area contributed by atoms with E-state index in [1.165, 1.54) is 23.2 Å². The molecule has 2 aromatic rings. The Bertz CT molecular complexity index is 790. The standard InChI is InChI=1S/C22H32N4O/c1-17-10-6-7-11-21(17)26-19(3)20(18(2)23-26)16-24(4)15-12-22(27)25-13-8-5-9-14-25/h6-7,10-11H,5,8-9,12-16H2,1-4H3. The predicted octanol–water partition coefficient (Wildman–Crippen LogP) is 3.63. The van der Waals surface area contributed by atoms with Crippen LogP contribution in [0.3, 0.4) is 0 Å². The summed E-state index contributed by atoms with van der Waals surface area (Å²) in [5, 5.41) is 4.78. The largest absolute Gasteiger partial charge is 0.343 e. The third-order valence-corrected chi connectivity index (χ3v) is 5.63. The molecule has 0 spiro atoms. The maximum absolute atomic E-state index is 12.4. The first-order valence-electron chi connectivity index (χ1n) is 10.0. The van der Waals surface area contributed by atoms with Gasteiger partial charge in [-0.1, -0.05) is 18.2 Å². The minimum atomic E-state index is 0.297. The van der Waals surface area contributed by atoms with Gasteiger partial charge in [-0.15, -0.1) is 0 Å². The molecule has 0 saturated carbocycles. The summed E-state index contributed by atoms with van der Waals surface area (Å²) in [6.07, 6.45) is 4.16. The van der Waals surface area contributed by atoms with Gasteiger partial charge in [0.25, 0.3) is 0 Å². The molecule has 1 amide bonds. The van der Waals surface area contributed by atoms with Gasteiger partial charge in [0.2, 0.25) is 5.91 Å². The molecule has 3 rings (SSSR count). The van der Waals surface area contributed by atoms with Crippen LogP contribution in [0.1, 0.15) is 48.2 Å². The van der Waals surface area contributed by atoms with Crippen molar-refractivity contribution < 1.29 is 4.79 Å². The molecule has 5 nitrogen and oxygen atoms in total. The third kappa shape index (κ3) is 4.59. The zero-order valence-electron chi connectivity index (χ0n) is 17.2. The predicted molar refractivity (Wildman–Crippen MR) is 109 cm³/mol. The molecule has 0 radical (unpaired) electrons. The summed E-state index contributed by atoms with van der Waals surface area (Å²) in [4.78, 5) is 16.7. The lowest BCUT2D eigenvalue weighted by atomic mass is 10.1. The summed E-state index contributed by atoms with van der Waals surface area (Å²) in [6.45, 7) is 9.79. The first-order valence-corrected chi connectivity index (χ1v) is 10.0. The molecule has 0 bridgehead atoms. The van der Waals surface area contributed by atoms with Crippen LogP contribution in [0.4, 0.5) is 0 Å². The highest BCUT2D eigenvalue weighted by Crippen LogP contribution is 2.21. The van der Waals surface area contributed by atoms with Crippen LogP contribution >= 0.6 is 0 Å². The Morgan fingerprint density at radius 1 is 1.11 bits per heavy atom. The van der Waals surface area contributed by atoms with Gasteiger partial charge in [-0.25, -0.2) is 4.68 Å². The molecule has 0 unspecified atom stereocenters. The summed E-state index contributed by atoms with van der Waals surface area (Å²) < 4.78 is 2.05. The van der Waals surface area contributed by atoms with Crippen molar-refractivity contribution in [2.75, 3.05) is 26.7 Å². The molecule has 1 aromatic carbocycles. The van der Waals surface area contributed by atoms with Crippen LogP contribution in [0.2, 0.25) is 0 Å². The van der Waals surface area contributed by atoms with E-state index in [0.29, 0.717) is 12.3 Å². The minimum Gasteiger partial charge on any atom is -0.343 e. The van der Waals surface area contributed by atoms with Crippen molar-refractivity contribution >= 4 is 5.91 Å². The van der Waals surface area contributed by atoms with E-state index in [9.17, 15) is 4.79 Å². The van der Waals surface area contributed by atoms with E-state index in [2.05, 4.69) is 57.0 Å². The number of para-hydroxylation sites is 1. The molecule has 1 saturated heterocycles. The number of aryl methyl sites for hydroxylation is 2. The Balaban J connectivity index is 1.63. The van der Waals surface area contributed by atoms with E-state index >= 15 is 0 Å². The molecule has 5 heteroatoms. The third-order valence-electron chi connectivity index (χ3n) is 5.63. The lowest BCUT2D eigenvalue weighted by Crippen LogP contribution is -2.37. The van der Waals surface area contributed by atoms with Gasteiger partial charge in [-0.2, -0.15) is 5.10 Å². The summed E-state index contributed by atoms with van der Waals surface area (Å²) in [6, 6.07) is 8.33. The second-order valence-electron chi connectivity index (χ2n) is 7.78. The Labute approximate surface area is 163 Å². The number of piperidine rings is 1. The molecule has 0 aliphatic carbocycles. The molecule has 1 aromatic heterocycles. The highest BCUT2D eigenvalue weighted by molar-refractivity contribution is 5.76. The van der Waals surface area contributed by atoms with Gasteiger partial charge in [0.05, 0.1) is 11.4 Å². The first kappa shape index (κ1) is 19.6. The Morgan fingerprint density at radius 3 is 2.52 bits per heavy atom. The molecule has 2 heterocycles. The average molecular weight is 369 g/mol. The van der Waals surface area contributed by atoms with Gasteiger partial charge in [-0.05, 0) is 58.7 Å². The van der Waals surface area contributed by atoms with Gasteiger partial charge >= 0.3 is 0 Å². The molecule has 146 valence electrons. The molecule has 0 atom stereocenters. The summed E-state index contributed by atoms with van der Waals surface area (Å²) >= 11 is 0. The number of hydrogen-bond acceptors (Lipinski definition) is 3. The van der Waals surface area contributed by atoms with E-state index in [4.69, 9.17) is 5.10 Å². The van der Waals surface area contributed by atoms with Crippen molar-refractivity contribution in [1.82, 2.24) is 19.6 Å². The van der Waals surface area contributed by atoms with E-state index in [1.54, 1.807) is 0 Å². The van der Waals surface area contributed by atoms with Gasteiger partial charge in [0, 0.05) is 43.9 Å². The van der Waals surface area contributed by atoms with Gasteiger partial charge in [-0.3, -0.25) is 4.79 Å². The van der Waals surface area contributed by atoms with E-state index in [0.717, 1.165) is 50.4 Å². The van der Waals surface area contributed by atoms with Crippen LogP contribution in [0.15, 0.2) is 24.3 Å². The second-order valence-corrected chi connectivity index (χ2v) is 7.78. The number of carbonyl (C=O) groups excluding carboxylic acids is 1.